The van der Waals surface area contributed by atoms with Gasteiger partial charge >= 0.3 is 0 Å². The predicted molar refractivity (Wildman–Crippen MR) is 87.3 cm³/mol. The van der Waals surface area contributed by atoms with E-state index in [4.69, 9.17) is 0 Å². The van der Waals surface area contributed by atoms with Gasteiger partial charge in [0.1, 0.15) is 0 Å². The molecular formula is C16H26N2S. The van der Waals surface area contributed by atoms with Crippen molar-refractivity contribution in [2.24, 2.45) is 0 Å². The normalized spacial score (nSPS) is 23.7. The molecule has 1 saturated heterocycles. The molecule has 0 spiro atoms. The Balaban J connectivity index is 2.26. The number of thioether (sulfide) groups is 1. The number of nitrogens with zero attached hydrogens (tertiary/aromatic N) is 1. The van der Waals surface area contributed by atoms with E-state index in [1.54, 1.807) is 0 Å². The average Bonchev–Trinajstić information content (AvgIpc) is 2.40. The van der Waals surface area contributed by atoms with E-state index < -0.39 is 0 Å². The second-order valence-electron chi connectivity index (χ2n) is 5.42. The molecule has 0 aromatic heterocycles. The Morgan fingerprint density at radius 2 is 2.16 bits per heavy atom. The Labute approximate surface area is 122 Å². The maximum atomic E-state index is 3.47. The van der Waals surface area contributed by atoms with Crippen molar-refractivity contribution < 1.29 is 0 Å². The van der Waals surface area contributed by atoms with Crippen LogP contribution in [-0.2, 0) is 6.54 Å². The third kappa shape index (κ3) is 3.46. The van der Waals surface area contributed by atoms with Gasteiger partial charge in [0.25, 0.3) is 0 Å². The summed E-state index contributed by atoms with van der Waals surface area (Å²) in [4.78, 5) is 2.59. The van der Waals surface area contributed by atoms with Crippen LogP contribution in [0.15, 0.2) is 18.2 Å². The van der Waals surface area contributed by atoms with Crippen LogP contribution in [0, 0.1) is 6.92 Å². The zero-order valence-electron chi connectivity index (χ0n) is 12.6. The molecule has 1 aliphatic heterocycles. The van der Waals surface area contributed by atoms with Crippen LogP contribution < -0.4 is 10.2 Å². The van der Waals surface area contributed by atoms with Crippen LogP contribution in [0.5, 0.6) is 0 Å². The molecule has 2 unspecified atom stereocenters. The maximum absolute atomic E-state index is 3.47. The molecule has 2 nitrogen and oxygen atoms in total. The van der Waals surface area contributed by atoms with Gasteiger partial charge in [0.05, 0.1) is 0 Å². The van der Waals surface area contributed by atoms with Gasteiger partial charge in [0, 0.05) is 35.8 Å². The summed E-state index contributed by atoms with van der Waals surface area (Å²) < 4.78 is 0. The lowest BCUT2D eigenvalue weighted by Crippen LogP contribution is -2.45. The summed E-state index contributed by atoms with van der Waals surface area (Å²) in [6.07, 6.45) is 0. The van der Waals surface area contributed by atoms with Crippen LogP contribution in [0.2, 0.25) is 0 Å². The van der Waals surface area contributed by atoms with Gasteiger partial charge in [-0.1, -0.05) is 31.5 Å². The minimum atomic E-state index is 0.613. The number of rotatable bonds is 4. The van der Waals surface area contributed by atoms with Gasteiger partial charge in [-0.25, -0.2) is 0 Å². The molecule has 3 heteroatoms. The third-order valence-corrected chi connectivity index (χ3v) is 5.33. The molecule has 1 aliphatic rings. The topological polar surface area (TPSA) is 15.3 Å². The zero-order valence-corrected chi connectivity index (χ0v) is 13.4. The van der Waals surface area contributed by atoms with E-state index in [0.29, 0.717) is 11.3 Å². The molecule has 1 N–H and O–H groups in total. The average molecular weight is 278 g/mol. The number of anilines is 1. The highest BCUT2D eigenvalue weighted by Gasteiger charge is 2.26. The number of hydrogen-bond acceptors (Lipinski definition) is 3. The molecule has 1 aromatic rings. The van der Waals surface area contributed by atoms with Crippen molar-refractivity contribution in [2.45, 2.75) is 45.5 Å². The van der Waals surface area contributed by atoms with E-state index in [0.717, 1.165) is 13.1 Å². The van der Waals surface area contributed by atoms with Crippen molar-refractivity contribution in [3.63, 3.8) is 0 Å². The van der Waals surface area contributed by atoms with Crippen molar-refractivity contribution in [3.05, 3.63) is 29.3 Å². The molecule has 0 aliphatic carbocycles. The number of hydrogen-bond donors (Lipinski definition) is 1. The quantitative estimate of drug-likeness (QED) is 0.908. The molecule has 0 saturated carbocycles. The Kier molecular flexibility index (Phi) is 5.17. The molecule has 2 rings (SSSR count). The highest BCUT2D eigenvalue weighted by molar-refractivity contribution is 8.00. The van der Waals surface area contributed by atoms with Crippen molar-refractivity contribution in [3.8, 4) is 0 Å². The van der Waals surface area contributed by atoms with Gasteiger partial charge in [-0.2, -0.15) is 11.8 Å². The summed E-state index contributed by atoms with van der Waals surface area (Å²) in [6.45, 7) is 12.2. The maximum Gasteiger partial charge on any atom is 0.0415 e. The predicted octanol–water partition coefficient (Wildman–Crippen LogP) is 3.43. The van der Waals surface area contributed by atoms with Crippen LogP contribution >= 0.6 is 11.8 Å². The molecule has 0 radical (unpaired) electrons. The van der Waals surface area contributed by atoms with Gasteiger partial charge in [0.15, 0.2) is 0 Å². The highest BCUT2D eigenvalue weighted by atomic mass is 32.2. The molecule has 1 aromatic carbocycles. The van der Waals surface area contributed by atoms with E-state index in [-0.39, 0.29) is 0 Å². The Bertz CT molecular complexity index is 419. The van der Waals surface area contributed by atoms with Crippen LogP contribution in [0.1, 0.15) is 31.9 Å². The summed E-state index contributed by atoms with van der Waals surface area (Å²) in [5, 5.41) is 4.18. The molecule has 1 fully saturated rings. The second kappa shape index (κ2) is 6.67. The first kappa shape index (κ1) is 14.7. The number of aryl methyl sites for hydroxylation is 1. The lowest BCUT2D eigenvalue weighted by molar-refractivity contribution is 0.621. The zero-order chi connectivity index (χ0) is 13.8. The molecule has 106 valence electrons. The summed E-state index contributed by atoms with van der Waals surface area (Å²) in [7, 11) is 0. The first-order chi connectivity index (χ1) is 9.13. The fourth-order valence-corrected chi connectivity index (χ4v) is 3.77. The summed E-state index contributed by atoms with van der Waals surface area (Å²) in [5.41, 5.74) is 4.21. The first-order valence-corrected chi connectivity index (χ1v) is 8.37. The fourth-order valence-electron chi connectivity index (χ4n) is 2.67. The van der Waals surface area contributed by atoms with Gasteiger partial charge in [-0.15, -0.1) is 0 Å². The number of benzene rings is 1. The summed E-state index contributed by atoms with van der Waals surface area (Å²) in [6, 6.07) is 7.49. The smallest absolute Gasteiger partial charge is 0.0415 e. The summed E-state index contributed by atoms with van der Waals surface area (Å²) in [5.74, 6) is 1.24. The third-order valence-electron chi connectivity index (χ3n) is 3.99. The van der Waals surface area contributed by atoms with Crippen LogP contribution in [-0.4, -0.2) is 30.1 Å². The van der Waals surface area contributed by atoms with E-state index in [1.165, 1.54) is 29.1 Å². The minimum absolute atomic E-state index is 0.613. The molecule has 0 amide bonds. The van der Waals surface area contributed by atoms with Crippen molar-refractivity contribution in [1.29, 1.82) is 0 Å². The first-order valence-electron chi connectivity index (χ1n) is 7.32. The van der Waals surface area contributed by atoms with Gasteiger partial charge in [0.2, 0.25) is 0 Å². The van der Waals surface area contributed by atoms with Gasteiger partial charge in [-0.05, 0) is 32.0 Å². The second-order valence-corrected chi connectivity index (χ2v) is 6.91. The lowest BCUT2D eigenvalue weighted by atomic mass is 10.1. The van der Waals surface area contributed by atoms with Crippen LogP contribution in [0.3, 0.4) is 0 Å². The van der Waals surface area contributed by atoms with Crippen molar-refractivity contribution >= 4 is 17.4 Å². The largest absolute Gasteiger partial charge is 0.367 e. The Morgan fingerprint density at radius 3 is 2.89 bits per heavy atom. The Morgan fingerprint density at radius 1 is 1.37 bits per heavy atom. The highest BCUT2D eigenvalue weighted by Crippen LogP contribution is 2.31. The van der Waals surface area contributed by atoms with Crippen molar-refractivity contribution in [1.82, 2.24) is 5.32 Å². The molecule has 0 bridgehead atoms. The molecule has 1 heterocycles. The van der Waals surface area contributed by atoms with E-state index in [1.807, 2.05) is 0 Å². The van der Waals surface area contributed by atoms with E-state index in [2.05, 4.69) is 67.9 Å². The monoisotopic (exact) mass is 278 g/mol. The van der Waals surface area contributed by atoms with Gasteiger partial charge < -0.3 is 10.2 Å². The van der Waals surface area contributed by atoms with E-state index >= 15 is 0 Å². The SMILES string of the molecule is CCNCc1cc(C)ccc1N1CCSC(C)C1C. The number of nitrogens with one attached hydrogen (secondary N) is 1. The Hall–Kier alpha value is -0.670. The standard InChI is InChI=1S/C16H26N2S/c1-5-17-11-15-10-12(2)6-7-16(15)18-8-9-19-14(4)13(18)3/h6-7,10,13-14,17H,5,8-9,11H2,1-4H3. The van der Waals surface area contributed by atoms with E-state index in [9.17, 15) is 0 Å². The summed E-state index contributed by atoms with van der Waals surface area (Å²) >= 11 is 2.09. The van der Waals surface area contributed by atoms with Crippen LogP contribution in [0.25, 0.3) is 0 Å². The van der Waals surface area contributed by atoms with Crippen LogP contribution in [0.4, 0.5) is 5.69 Å². The molecule has 2 atom stereocenters. The lowest BCUT2D eigenvalue weighted by Gasteiger charge is -2.40. The van der Waals surface area contributed by atoms with Gasteiger partial charge in [-0.3, -0.25) is 0 Å². The van der Waals surface area contributed by atoms with Crippen molar-refractivity contribution in [2.75, 3.05) is 23.7 Å². The molecular weight excluding hydrogens is 252 g/mol. The molecule has 19 heavy (non-hydrogen) atoms. The fraction of sp³-hybridized carbons (Fsp3) is 0.625. The minimum Gasteiger partial charge on any atom is -0.367 e.